The van der Waals surface area contributed by atoms with Crippen molar-refractivity contribution in [1.29, 1.82) is 0 Å². The summed E-state index contributed by atoms with van der Waals surface area (Å²) in [5.74, 6) is 0. The van der Waals surface area contributed by atoms with Crippen molar-refractivity contribution in [2.75, 3.05) is 0 Å². The third-order valence-electron chi connectivity index (χ3n) is 2.67. The fourth-order valence-corrected chi connectivity index (χ4v) is 2.15. The molecule has 0 spiro atoms. The molecular formula is C13H15BrN2. The fourth-order valence-electron chi connectivity index (χ4n) is 1.76. The van der Waals surface area contributed by atoms with Gasteiger partial charge in [-0.25, -0.2) is 4.98 Å². The van der Waals surface area contributed by atoms with E-state index in [0.717, 1.165) is 23.1 Å². The SMILES string of the molecule is Cc1cccc(CCc2ncn(C)c2Br)c1. The van der Waals surface area contributed by atoms with Crippen LogP contribution in [0.1, 0.15) is 16.8 Å². The molecule has 0 unspecified atom stereocenters. The lowest BCUT2D eigenvalue weighted by molar-refractivity contribution is 0.876. The molecule has 1 heterocycles. The number of benzene rings is 1. The van der Waals surface area contributed by atoms with E-state index in [2.05, 4.69) is 52.1 Å². The Morgan fingerprint density at radius 3 is 2.75 bits per heavy atom. The van der Waals surface area contributed by atoms with Gasteiger partial charge in [0.15, 0.2) is 0 Å². The van der Waals surface area contributed by atoms with E-state index in [1.54, 1.807) is 0 Å². The minimum absolute atomic E-state index is 0.977. The molecule has 0 aliphatic heterocycles. The second kappa shape index (κ2) is 4.83. The number of nitrogens with zero attached hydrogens (tertiary/aromatic N) is 2. The maximum Gasteiger partial charge on any atom is 0.107 e. The Labute approximate surface area is 104 Å². The third-order valence-corrected chi connectivity index (χ3v) is 3.68. The van der Waals surface area contributed by atoms with Gasteiger partial charge >= 0.3 is 0 Å². The Balaban J connectivity index is 2.05. The van der Waals surface area contributed by atoms with Crippen molar-refractivity contribution >= 4 is 15.9 Å². The molecule has 0 saturated heterocycles. The first kappa shape index (κ1) is 11.4. The molecule has 0 aliphatic rings. The van der Waals surface area contributed by atoms with E-state index in [-0.39, 0.29) is 0 Å². The zero-order valence-corrected chi connectivity index (χ0v) is 11.2. The molecule has 1 aromatic carbocycles. The highest BCUT2D eigenvalue weighted by Gasteiger charge is 2.05. The number of hydrogen-bond donors (Lipinski definition) is 0. The number of aromatic nitrogens is 2. The molecule has 0 N–H and O–H groups in total. The topological polar surface area (TPSA) is 17.8 Å². The zero-order chi connectivity index (χ0) is 11.5. The van der Waals surface area contributed by atoms with E-state index in [4.69, 9.17) is 0 Å². The van der Waals surface area contributed by atoms with Crippen LogP contribution < -0.4 is 0 Å². The van der Waals surface area contributed by atoms with Gasteiger partial charge < -0.3 is 4.57 Å². The minimum Gasteiger partial charge on any atom is -0.328 e. The summed E-state index contributed by atoms with van der Waals surface area (Å²) in [6.07, 6.45) is 3.86. The van der Waals surface area contributed by atoms with Crippen LogP contribution in [0.5, 0.6) is 0 Å². The molecule has 0 bridgehead atoms. The highest BCUT2D eigenvalue weighted by atomic mass is 79.9. The summed E-state index contributed by atoms with van der Waals surface area (Å²) in [5, 5.41) is 0. The molecular weight excluding hydrogens is 264 g/mol. The second-order valence-corrected chi connectivity index (χ2v) is 4.83. The molecule has 2 nitrogen and oxygen atoms in total. The summed E-state index contributed by atoms with van der Waals surface area (Å²) in [4.78, 5) is 4.37. The number of rotatable bonds is 3. The monoisotopic (exact) mass is 278 g/mol. The third kappa shape index (κ3) is 2.53. The van der Waals surface area contributed by atoms with Crippen LogP contribution >= 0.6 is 15.9 Å². The van der Waals surface area contributed by atoms with Crippen LogP contribution in [0.4, 0.5) is 0 Å². The standard InChI is InChI=1S/C13H15BrN2/c1-10-4-3-5-11(8-10)6-7-12-13(14)16(2)9-15-12/h3-5,8-9H,6-7H2,1-2H3. The summed E-state index contributed by atoms with van der Waals surface area (Å²) in [6.45, 7) is 2.13. The predicted molar refractivity (Wildman–Crippen MR) is 69.5 cm³/mol. The van der Waals surface area contributed by atoms with Crippen LogP contribution in [0.2, 0.25) is 0 Å². The molecule has 0 fully saturated rings. The van der Waals surface area contributed by atoms with E-state index in [1.807, 2.05) is 17.9 Å². The van der Waals surface area contributed by atoms with Crippen LogP contribution in [0.15, 0.2) is 35.2 Å². The number of hydrogen-bond acceptors (Lipinski definition) is 1. The zero-order valence-electron chi connectivity index (χ0n) is 9.57. The first-order valence-corrected chi connectivity index (χ1v) is 6.17. The van der Waals surface area contributed by atoms with Crippen molar-refractivity contribution in [2.45, 2.75) is 19.8 Å². The molecule has 84 valence electrons. The van der Waals surface area contributed by atoms with Crippen LogP contribution in [-0.4, -0.2) is 9.55 Å². The molecule has 2 aromatic rings. The average molecular weight is 279 g/mol. The lowest BCUT2D eigenvalue weighted by Crippen LogP contribution is -1.94. The van der Waals surface area contributed by atoms with Gasteiger partial charge in [-0.1, -0.05) is 29.8 Å². The van der Waals surface area contributed by atoms with Gasteiger partial charge in [0.2, 0.25) is 0 Å². The largest absolute Gasteiger partial charge is 0.328 e. The van der Waals surface area contributed by atoms with Gasteiger partial charge in [-0.3, -0.25) is 0 Å². The predicted octanol–water partition coefficient (Wildman–Crippen LogP) is 3.28. The molecule has 0 aliphatic carbocycles. The van der Waals surface area contributed by atoms with Crippen LogP contribution in [0.25, 0.3) is 0 Å². The molecule has 2 rings (SSSR count). The van der Waals surface area contributed by atoms with Crippen LogP contribution in [0, 0.1) is 6.92 Å². The van der Waals surface area contributed by atoms with E-state index < -0.39 is 0 Å². The van der Waals surface area contributed by atoms with E-state index >= 15 is 0 Å². The summed E-state index contributed by atoms with van der Waals surface area (Å²) in [6, 6.07) is 8.64. The molecule has 0 saturated carbocycles. The number of halogens is 1. The first-order chi connectivity index (χ1) is 7.66. The van der Waals surface area contributed by atoms with Gasteiger partial charge in [0.1, 0.15) is 4.60 Å². The van der Waals surface area contributed by atoms with E-state index in [9.17, 15) is 0 Å². The maximum atomic E-state index is 4.37. The average Bonchev–Trinajstić information content (AvgIpc) is 2.57. The van der Waals surface area contributed by atoms with Crippen molar-refractivity contribution in [3.8, 4) is 0 Å². The Hall–Kier alpha value is -1.09. The summed E-state index contributed by atoms with van der Waals surface area (Å²) >= 11 is 3.54. The Morgan fingerprint density at radius 2 is 2.12 bits per heavy atom. The Bertz CT molecular complexity index is 488. The molecule has 0 amide bonds. The Kier molecular flexibility index (Phi) is 3.44. The first-order valence-electron chi connectivity index (χ1n) is 5.38. The molecule has 16 heavy (non-hydrogen) atoms. The molecule has 1 aromatic heterocycles. The summed E-state index contributed by atoms with van der Waals surface area (Å²) < 4.78 is 3.08. The highest BCUT2D eigenvalue weighted by Crippen LogP contribution is 2.16. The van der Waals surface area contributed by atoms with Gasteiger partial charge in [0.05, 0.1) is 12.0 Å². The summed E-state index contributed by atoms with van der Waals surface area (Å²) in [5.41, 5.74) is 3.82. The lowest BCUT2D eigenvalue weighted by Gasteiger charge is -2.02. The van der Waals surface area contributed by atoms with E-state index in [0.29, 0.717) is 0 Å². The second-order valence-electron chi connectivity index (χ2n) is 4.08. The van der Waals surface area contributed by atoms with Gasteiger partial charge in [0.25, 0.3) is 0 Å². The van der Waals surface area contributed by atoms with Gasteiger partial charge in [-0.05, 0) is 41.3 Å². The highest BCUT2D eigenvalue weighted by molar-refractivity contribution is 9.10. The van der Waals surface area contributed by atoms with Crippen molar-refractivity contribution in [3.63, 3.8) is 0 Å². The van der Waals surface area contributed by atoms with Gasteiger partial charge in [-0.2, -0.15) is 0 Å². The van der Waals surface area contributed by atoms with Gasteiger partial charge in [0, 0.05) is 7.05 Å². The number of imidazole rings is 1. The van der Waals surface area contributed by atoms with E-state index in [1.165, 1.54) is 11.1 Å². The molecule has 0 atom stereocenters. The molecule has 3 heteroatoms. The molecule has 0 radical (unpaired) electrons. The van der Waals surface area contributed by atoms with Crippen molar-refractivity contribution in [3.05, 3.63) is 52.0 Å². The smallest absolute Gasteiger partial charge is 0.107 e. The maximum absolute atomic E-state index is 4.37. The number of aryl methyl sites for hydroxylation is 4. The summed E-state index contributed by atoms with van der Waals surface area (Å²) in [7, 11) is 1.99. The van der Waals surface area contributed by atoms with Crippen LogP contribution in [0.3, 0.4) is 0 Å². The van der Waals surface area contributed by atoms with Crippen molar-refractivity contribution < 1.29 is 0 Å². The Morgan fingerprint density at radius 1 is 1.31 bits per heavy atom. The fraction of sp³-hybridized carbons (Fsp3) is 0.308. The lowest BCUT2D eigenvalue weighted by atomic mass is 10.1. The van der Waals surface area contributed by atoms with Crippen molar-refractivity contribution in [1.82, 2.24) is 9.55 Å². The van der Waals surface area contributed by atoms with Gasteiger partial charge in [-0.15, -0.1) is 0 Å². The minimum atomic E-state index is 0.977. The van der Waals surface area contributed by atoms with Crippen molar-refractivity contribution in [2.24, 2.45) is 7.05 Å². The quantitative estimate of drug-likeness (QED) is 0.843. The van der Waals surface area contributed by atoms with Crippen LogP contribution in [-0.2, 0) is 19.9 Å². The normalized spacial score (nSPS) is 10.7.